The van der Waals surface area contributed by atoms with Crippen molar-refractivity contribution < 1.29 is 0 Å². The molecule has 0 radical (unpaired) electrons. The second kappa shape index (κ2) is 8.93. The Bertz CT molecular complexity index is 220. The molecule has 114 valence electrons. The van der Waals surface area contributed by atoms with Gasteiger partial charge in [0.25, 0.3) is 0 Å². The maximum Gasteiger partial charge on any atom is 0.0112 e. The quantitative estimate of drug-likeness (QED) is 0.730. The molecular weight excluding hydrogens is 234 g/mol. The second-order valence-electron chi connectivity index (χ2n) is 6.76. The monoisotopic (exact) mass is 269 g/mol. The molecule has 1 aliphatic carbocycles. The Kier molecular flexibility index (Phi) is 7.96. The van der Waals surface area contributed by atoms with Crippen LogP contribution in [0.4, 0.5) is 0 Å². The van der Waals surface area contributed by atoms with Crippen LogP contribution in [-0.4, -0.2) is 62.2 Å². The summed E-state index contributed by atoms with van der Waals surface area (Å²) in [5.41, 5.74) is 0. The maximum atomic E-state index is 3.61. The Morgan fingerprint density at radius 3 is 2.16 bits per heavy atom. The van der Waals surface area contributed by atoms with E-state index in [1.807, 2.05) is 0 Å². The van der Waals surface area contributed by atoms with Crippen molar-refractivity contribution in [1.82, 2.24) is 15.1 Å². The minimum absolute atomic E-state index is 0.772. The van der Waals surface area contributed by atoms with Gasteiger partial charge in [-0.1, -0.05) is 20.8 Å². The molecule has 0 heterocycles. The van der Waals surface area contributed by atoms with Crippen molar-refractivity contribution in [2.24, 2.45) is 5.92 Å². The van der Waals surface area contributed by atoms with Crippen LogP contribution in [0.25, 0.3) is 0 Å². The molecule has 0 aromatic carbocycles. The first-order chi connectivity index (χ1) is 9.02. The van der Waals surface area contributed by atoms with E-state index in [1.54, 1.807) is 0 Å². The van der Waals surface area contributed by atoms with E-state index in [0.29, 0.717) is 0 Å². The van der Waals surface area contributed by atoms with Crippen LogP contribution in [0.1, 0.15) is 46.5 Å². The molecule has 0 saturated heterocycles. The third-order valence-corrected chi connectivity index (χ3v) is 4.14. The fourth-order valence-electron chi connectivity index (χ4n) is 3.15. The number of likely N-dealkylation sites (N-methyl/N-ethyl adjacent to an activating group) is 1. The molecule has 0 unspecified atom stereocenters. The van der Waals surface area contributed by atoms with Crippen LogP contribution in [0.15, 0.2) is 0 Å². The molecule has 1 saturated carbocycles. The van der Waals surface area contributed by atoms with Crippen LogP contribution in [0.5, 0.6) is 0 Å². The van der Waals surface area contributed by atoms with E-state index in [9.17, 15) is 0 Å². The first kappa shape index (κ1) is 16.9. The third kappa shape index (κ3) is 6.73. The smallest absolute Gasteiger partial charge is 0.0112 e. The van der Waals surface area contributed by atoms with E-state index in [1.165, 1.54) is 45.3 Å². The lowest BCUT2D eigenvalue weighted by Gasteiger charge is -2.38. The van der Waals surface area contributed by atoms with Crippen molar-refractivity contribution in [3.05, 3.63) is 0 Å². The minimum Gasteiger partial charge on any atom is -0.314 e. The lowest BCUT2D eigenvalue weighted by atomic mass is 9.89. The van der Waals surface area contributed by atoms with Gasteiger partial charge >= 0.3 is 0 Å². The topological polar surface area (TPSA) is 18.5 Å². The van der Waals surface area contributed by atoms with Gasteiger partial charge < -0.3 is 10.2 Å². The van der Waals surface area contributed by atoms with Crippen molar-refractivity contribution in [3.63, 3.8) is 0 Å². The first-order valence-corrected chi connectivity index (χ1v) is 8.15. The summed E-state index contributed by atoms with van der Waals surface area (Å²) in [6, 6.07) is 1.59. The van der Waals surface area contributed by atoms with Crippen LogP contribution in [0, 0.1) is 5.92 Å². The van der Waals surface area contributed by atoms with Crippen molar-refractivity contribution in [1.29, 1.82) is 0 Å². The van der Waals surface area contributed by atoms with Crippen LogP contribution < -0.4 is 5.32 Å². The van der Waals surface area contributed by atoms with Gasteiger partial charge in [0.15, 0.2) is 0 Å². The number of nitrogens with zero attached hydrogens (tertiary/aromatic N) is 2. The van der Waals surface area contributed by atoms with Gasteiger partial charge in [-0.2, -0.15) is 0 Å². The van der Waals surface area contributed by atoms with Crippen LogP contribution in [0.3, 0.4) is 0 Å². The van der Waals surface area contributed by atoms with Crippen LogP contribution in [0.2, 0.25) is 0 Å². The zero-order valence-electron chi connectivity index (χ0n) is 13.8. The summed E-state index contributed by atoms with van der Waals surface area (Å²) in [5, 5.41) is 3.61. The molecule has 1 rings (SSSR count). The Morgan fingerprint density at radius 2 is 1.68 bits per heavy atom. The predicted octanol–water partition coefficient (Wildman–Crippen LogP) is 2.43. The van der Waals surface area contributed by atoms with Gasteiger partial charge in [-0.25, -0.2) is 0 Å². The summed E-state index contributed by atoms with van der Waals surface area (Å²) in [4.78, 5) is 5.05. The molecule has 0 bridgehead atoms. The number of rotatable bonds is 8. The Balaban J connectivity index is 2.42. The fourth-order valence-corrected chi connectivity index (χ4v) is 3.15. The van der Waals surface area contributed by atoms with Gasteiger partial charge in [0.2, 0.25) is 0 Å². The van der Waals surface area contributed by atoms with Gasteiger partial charge in [-0.3, -0.25) is 4.90 Å². The van der Waals surface area contributed by atoms with Crippen molar-refractivity contribution >= 4 is 0 Å². The molecule has 0 amide bonds. The highest BCUT2D eigenvalue weighted by Gasteiger charge is 2.25. The summed E-state index contributed by atoms with van der Waals surface area (Å²) < 4.78 is 0. The molecule has 19 heavy (non-hydrogen) atoms. The number of hydrogen-bond donors (Lipinski definition) is 1. The van der Waals surface area contributed by atoms with E-state index in [4.69, 9.17) is 0 Å². The van der Waals surface area contributed by atoms with Crippen LogP contribution in [-0.2, 0) is 0 Å². The summed E-state index contributed by atoms with van der Waals surface area (Å²) in [5.74, 6) is 0.772. The SMILES string of the molecule is CCNC1CCC(N(CCN(C)C)CC(C)C)CC1. The summed E-state index contributed by atoms with van der Waals surface area (Å²) in [6.45, 7) is 11.7. The van der Waals surface area contributed by atoms with Gasteiger partial charge in [-0.05, 0) is 52.2 Å². The first-order valence-electron chi connectivity index (χ1n) is 8.15. The largest absolute Gasteiger partial charge is 0.314 e. The van der Waals surface area contributed by atoms with Crippen molar-refractivity contribution in [2.75, 3.05) is 40.3 Å². The van der Waals surface area contributed by atoms with Crippen LogP contribution >= 0.6 is 0 Å². The van der Waals surface area contributed by atoms with Gasteiger partial charge in [-0.15, -0.1) is 0 Å². The molecule has 1 N–H and O–H groups in total. The Labute approximate surface area is 120 Å². The number of hydrogen-bond acceptors (Lipinski definition) is 3. The zero-order chi connectivity index (χ0) is 14.3. The molecule has 0 aliphatic heterocycles. The third-order valence-electron chi connectivity index (χ3n) is 4.14. The predicted molar refractivity (Wildman–Crippen MR) is 84.7 cm³/mol. The van der Waals surface area contributed by atoms with E-state index >= 15 is 0 Å². The summed E-state index contributed by atoms with van der Waals surface area (Å²) in [7, 11) is 4.35. The van der Waals surface area contributed by atoms with E-state index < -0.39 is 0 Å². The average Bonchev–Trinajstić information content (AvgIpc) is 2.35. The molecule has 1 fully saturated rings. The Hall–Kier alpha value is -0.120. The maximum absolute atomic E-state index is 3.61. The second-order valence-corrected chi connectivity index (χ2v) is 6.76. The molecule has 0 aromatic heterocycles. The molecule has 1 aliphatic rings. The zero-order valence-corrected chi connectivity index (χ0v) is 13.8. The van der Waals surface area contributed by atoms with Gasteiger partial charge in [0.1, 0.15) is 0 Å². The molecule has 3 nitrogen and oxygen atoms in total. The highest BCUT2D eigenvalue weighted by atomic mass is 15.2. The lowest BCUT2D eigenvalue weighted by Crippen LogP contribution is -2.45. The van der Waals surface area contributed by atoms with E-state index in [-0.39, 0.29) is 0 Å². The normalized spacial score (nSPS) is 24.6. The van der Waals surface area contributed by atoms with Crippen molar-refractivity contribution in [2.45, 2.75) is 58.5 Å². The molecular formula is C16H35N3. The standard InChI is InChI=1S/C16H35N3/c1-6-17-15-7-9-16(10-8-15)19(13-14(2)3)12-11-18(4)5/h14-17H,6-13H2,1-5H3. The average molecular weight is 269 g/mol. The minimum atomic E-state index is 0.772. The fraction of sp³-hybridized carbons (Fsp3) is 1.00. The van der Waals surface area contributed by atoms with E-state index in [2.05, 4.69) is 50.0 Å². The highest BCUT2D eigenvalue weighted by Crippen LogP contribution is 2.23. The van der Waals surface area contributed by atoms with Crippen molar-refractivity contribution in [3.8, 4) is 0 Å². The van der Waals surface area contributed by atoms with Gasteiger partial charge in [0, 0.05) is 31.7 Å². The highest BCUT2D eigenvalue weighted by molar-refractivity contribution is 4.83. The lowest BCUT2D eigenvalue weighted by molar-refractivity contribution is 0.120. The summed E-state index contributed by atoms with van der Waals surface area (Å²) >= 11 is 0. The number of nitrogens with one attached hydrogen (secondary N) is 1. The summed E-state index contributed by atoms with van der Waals surface area (Å²) in [6.07, 6.45) is 5.46. The molecule has 3 heteroatoms. The van der Waals surface area contributed by atoms with Gasteiger partial charge in [0.05, 0.1) is 0 Å². The molecule has 0 aromatic rings. The van der Waals surface area contributed by atoms with E-state index in [0.717, 1.165) is 24.5 Å². The Morgan fingerprint density at radius 1 is 1.05 bits per heavy atom. The molecule has 0 atom stereocenters. The molecule has 0 spiro atoms.